The Morgan fingerprint density at radius 1 is 1.43 bits per heavy atom. The highest BCUT2D eigenvalue weighted by Gasteiger charge is 2.33. The topological polar surface area (TPSA) is 49.1 Å². The predicted molar refractivity (Wildman–Crippen MR) is 70.8 cm³/mol. The molecule has 0 saturated heterocycles. The minimum Gasteiger partial charge on any atom is -0.379 e. The van der Waals surface area contributed by atoms with Crippen LogP contribution in [0.25, 0.3) is 0 Å². The number of halogens is 3. The van der Waals surface area contributed by atoms with Crippen molar-refractivity contribution in [3.05, 3.63) is 23.4 Å². The predicted octanol–water partition coefficient (Wildman–Crippen LogP) is 2.83. The van der Waals surface area contributed by atoms with E-state index in [1.165, 1.54) is 17.7 Å². The highest BCUT2D eigenvalue weighted by atomic mass is 19.4. The van der Waals surface area contributed by atoms with Crippen LogP contribution >= 0.6 is 0 Å². The van der Waals surface area contributed by atoms with E-state index in [1.54, 1.807) is 7.05 Å². The first-order valence-electron chi connectivity index (χ1n) is 6.69. The van der Waals surface area contributed by atoms with Crippen molar-refractivity contribution in [1.82, 2.24) is 4.98 Å². The zero-order chi connectivity index (χ0) is 15.5. The standard InChI is InChI=1S/C14H16F3N3O/c1-20(6-7-21-9-10-2-3-10)13-11(8-18)4-5-12(19-13)14(15,16)17/h4-5,10H,2-3,6-7,9H2,1H3. The molecule has 0 amide bonds. The summed E-state index contributed by atoms with van der Waals surface area (Å²) in [6, 6.07) is 3.83. The fourth-order valence-electron chi connectivity index (χ4n) is 1.83. The SMILES string of the molecule is CN(CCOCC1CC1)c1nc(C(F)(F)F)ccc1C#N. The number of aromatic nitrogens is 1. The van der Waals surface area contributed by atoms with Crippen LogP contribution in [0.5, 0.6) is 0 Å². The number of hydrogen-bond donors (Lipinski definition) is 0. The lowest BCUT2D eigenvalue weighted by Crippen LogP contribution is -2.25. The summed E-state index contributed by atoms with van der Waals surface area (Å²) in [5.74, 6) is 0.666. The molecule has 0 spiro atoms. The van der Waals surface area contributed by atoms with Crippen molar-refractivity contribution in [2.75, 3.05) is 31.7 Å². The van der Waals surface area contributed by atoms with Crippen molar-refractivity contribution in [3.8, 4) is 6.07 Å². The molecule has 2 rings (SSSR count). The molecule has 1 saturated carbocycles. The normalized spacial score (nSPS) is 14.8. The Hall–Kier alpha value is -1.81. The maximum Gasteiger partial charge on any atom is 0.433 e. The number of nitriles is 1. The van der Waals surface area contributed by atoms with E-state index in [0.29, 0.717) is 25.7 Å². The summed E-state index contributed by atoms with van der Waals surface area (Å²) in [7, 11) is 1.60. The Morgan fingerprint density at radius 3 is 2.71 bits per heavy atom. The number of ether oxygens (including phenoxy) is 1. The van der Waals surface area contributed by atoms with E-state index >= 15 is 0 Å². The van der Waals surface area contributed by atoms with Gasteiger partial charge in [-0.2, -0.15) is 18.4 Å². The van der Waals surface area contributed by atoms with Crippen LogP contribution in [0.15, 0.2) is 12.1 Å². The molecule has 0 unspecified atom stereocenters. The molecule has 1 aliphatic rings. The van der Waals surface area contributed by atoms with E-state index in [-0.39, 0.29) is 11.4 Å². The highest BCUT2D eigenvalue weighted by molar-refractivity contribution is 5.54. The van der Waals surface area contributed by atoms with Crippen LogP contribution in [0.1, 0.15) is 24.1 Å². The van der Waals surface area contributed by atoms with Crippen LogP contribution in [-0.2, 0) is 10.9 Å². The van der Waals surface area contributed by atoms with Gasteiger partial charge in [0.25, 0.3) is 0 Å². The van der Waals surface area contributed by atoms with Crippen molar-refractivity contribution >= 4 is 5.82 Å². The van der Waals surface area contributed by atoms with Gasteiger partial charge in [-0.25, -0.2) is 4.98 Å². The van der Waals surface area contributed by atoms with Gasteiger partial charge in [-0.3, -0.25) is 0 Å². The molecule has 114 valence electrons. The van der Waals surface area contributed by atoms with E-state index in [4.69, 9.17) is 10.00 Å². The third-order valence-corrected chi connectivity index (χ3v) is 3.27. The van der Waals surface area contributed by atoms with Crippen molar-refractivity contribution in [3.63, 3.8) is 0 Å². The van der Waals surface area contributed by atoms with Gasteiger partial charge in [0.15, 0.2) is 0 Å². The van der Waals surface area contributed by atoms with E-state index in [0.717, 1.165) is 12.1 Å². The van der Waals surface area contributed by atoms with Crippen molar-refractivity contribution in [1.29, 1.82) is 5.26 Å². The average molecular weight is 299 g/mol. The van der Waals surface area contributed by atoms with Crippen molar-refractivity contribution in [2.45, 2.75) is 19.0 Å². The molecule has 4 nitrogen and oxygen atoms in total. The Morgan fingerprint density at radius 2 is 2.14 bits per heavy atom. The summed E-state index contributed by atoms with van der Waals surface area (Å²) in [5.41, 5.74) is -0.880. The number of anilines is 1. The average Bonchev–Trinajstić information content (AvgIpc) is 3.25. The Balaban J connectivity index is 2.02. The van der Waals surface area contributed by atoms with Crippen molar-refractivity contribution in [2.24, 2.45) is 5.92 Å². The molecule has 1 heterocycles. The van der Waals surface area contributed by atoms with Gasteiger partial charge in [-0.05, 0) is 30.9 Å². The number of alkyl halides is 3. The van der Waals surface area contributed by atoms with Gasteiger partial charge in [0, 0.05) is 20.2 Å². The molecule has 0 atom stereocenters. The first kappa shape index (κ1) is 15.6. The fourth-order valence-corrected chi connectivity index (χ4v) is 1.83. The van der Waals surface area contributed by atoms with Crippen LogP contribution in [0.2, 0.25) is 0 Å². The molecule has 0 aromatic carbocycles. The number of pyridine rings is 1. The molecule has 7 heteroatoms. The van der Waals surface area contributed by atoms with Gasteiger partial charge < -0.3 is 9.64 Å². The van der Waals surface area contributed by atoms with Gasteiger partial charge in [0.05, 0.1) is 12.2 Å². The maximum atomic E-state index is 12.7. The first-order valence-corrected chi connectivity index (χ1v) is 6.69. The Kier molecular flexibility index (Phi) is 4.68. The molecular weight excluding hydrogens is 283 g/mol. The summed E-state index contributed by atoms with van der Waals surface area (Å²) in [6.45, 7) is 1.47. The second-order valence-electron chi connectivity index (χ2n) is 5.12. The van der Waals surface area contributed by atoms with E-state index < -0.39 is 11.9 Å². The molecular formula is C14H16F3N3O. The second-order valence-corrected chi connectivity index (χ2v) is 5.12. The third-order valence-electron chi connectivity index (χ3n) is 3.27. The van der Waals surface area contributed by atoms with Gasteiger partial charge >= 0.3 is 6.18 Å². The largest absolute Gasteiger partial charge is 0.433 e. The van der Waals surface area contributed by atoms with Gasteiger partial charge in [-0.1, -0.05) is 0 Å². The lowest BCUT2D eigenvalue weighted by Gasteiger charge is -2.20. The van der Waals surface area contributed by atoms with Crippen molar-refractivity contribution < 1.29 is 17.9 Å². The zero-order valence-corrected chi connectivity index (χ0v) is 11.7. The second kappa shape index (κ2) is 6.31. The fraction of sp³-hybridized carbons (Fsp3) is 0.571. The highest BCUT2D eigenvalue weighted by Crippen LogP contribution is 2.30. The quantitative estimate of drug-likeness (QED) is 0.758. The first-order chi connectivity index (χ1) is 9.91. The summed E-state index contributed by atoms with van der Waals surface area (Å²) >= 11 is 0. The monoisotopic (exact) mass is 299 g/mol. The number of hydrogen-bond acceptors (Lipinski definition) is 4. The summed E-state index contributed by atoms with van der Waals surface area (Å²) < 4.78 is 43.5. The molecule has 21 heavy (non-hydrogen) atoms. The zero-order valence-electron chi connectivity index (χ0n) is 11.7. The molecule has 0 N–H and O–H groups in total. The van der Waals surface area contributed by atoms with E-state index in [2.05, 4.69) is 4.98 Å². The minimum absolute atomic E-state index is 0.0300. The summed E-state index contributed by atoms with van der Waals surface area (Å²) in [5, 5.41) is 8.98. The lowest BCUT2D eigenvalue weighted by molar-refractivity contribution is -0.141. The number of nitrogens with zero attached hydrogens (tertiary/aromatic N) is 3. The van der Waals surface area contributed by atoms with Crippen LogP contribution in [0, 0.1) is 17.2 Å². The Bertz CT molecular complexity index is 535. The molecule has 1 aromatic rings. The third kappa shape index (κ3) is 4.33. The van der Waals surface area contributed by atoms with Crippen LogP contribution in [-0.4, -0.2) is 31.8 Å². The molecule has 1 aromatic heterocycles. The summed E-state index contributed by atoms with van der Waals surface area (Å²) in [6.07, 6.45) is -2.15. The maximum absolute atomic E-state index is 12.7. The number of rotatable bonds is 6. The minimum atomic E-state index is -4.52. The van der Waals surface area contributed by atoms with E-state index in [1.807, 2.05) is 6.07 Å². The molecule has 1 aliphatic carbocycles. The van der Waals surface area contributed by atoms with Crippen LogP contribution in [0.4, 0.5) is 19.0 Å². The lowest BCUT2D eigenvalue weighted by atomic mass is 10.2. The molecule has 1 fully saturated rings. The summed E-state index contributed by atoms with van der Waals surface area (Å²) in [4.78, 5) is 5.08. The van der Waals surface area contributed by atoms with Gasteiger partial charge in [0.1, 0.15) is 17.6 Å². The van der Waals surface area contributed by atoms with Gasteiger partial charge in [-0.15, -0.1) is 0 Å². The van der Waals surface area contributed by atoms with Crippen LogP contribution < -0.4 is 4.90 Å². The van der Waals surface area contributed by atoms with Crippen LogP contribution in [0.3, 0.4) is 0 Å². The van der Waals surface area contributed by atoms with E-state index in [9.17, 15) is 13.2 Å². The molecule has 0 aliphatic heterocycles. The molecule has 0 radical (unpaired) electrons. The van der Waals surface area contributed by atoms with Gasteiger partial charge in [0.2, 0.25) is 0 Å². The molecule has 0 bridgehead atoms. The Labute approximate surface area is 121 Å². The number of likely N-dealkylation sites (N-methyl/N-ethyl adjacent to an activating group) is 1. The smallest absolute Gasteiger partial charge is 0.379 e.